The molecule has 7 heteroatoms. The SMILES string of the molecule is Cc1cccc(NS(=O)(=O)c2c(C)nn(C)c2C)c1C#N. The van der Waals surface area contributed by atoms with Gasteiger partial charge in [0.25, 0.3) is 10.0 Å². The Morgan fingerprint density at radius 2 is 1.95 bits per heavy atom. The minimum atomic E-state index is -3.79. The average Bonchev–Trinajstić information content (AvgIpc) is 2.63. The second-order valence-electron chi connectivity index (χ2n) is 4.84. The molecule has 0 fully saturated rings. The van der Waals surface area contributed by atoms with Gasteiger partial charge in [-0.15, -0.1) is 0 Å². The molecule has 0 aliphatic rings. The molecule has 0 aliphatic heterocycles. The predicted molar refractivity (Wildman–Crippen MR) is 79.4 cm³/mol. The number of aromatic nitrogens is 2. The topological polar surface area (TPSA) is 87.8 Å². The summed E-state index contributed by atoms with van der Waals surface area (Å²) in [6, 6.07) is 7.06. The summed E-state index contributed by atoms with van der Waals surface area (Å²) < 4.78 is 29.1. The van der Waals surface area contributed by atoms with Crippen molar-refractivity contribution in [1.29, 1.82) is 5.26 Å². The summed E-state index contributed by atoms with van der Waals surface area (Å²) in [7, 11) is -2.10. The molecule has 1 aromatic carbocycles. The first-order chi connectivity index (χ1) is 9.77. The largest absolute Gasteiger partial charge is 0.278 e. The lowest BCUT2D eigenvalue weighted by atomic mass is 10.1. The summed E-state index contributed by atoms with van der Waals surface area (Å²) in [6.45, 7) is 5.09. The molecule has 0 unspecified atom stereocenters. The molecule has 0 saturated heterocycles. The van der Waals surface area contributed by atoms with E-state index in [1.54, 1.807) is 46.0 Å². The summed E-state index contributed by atoms with van der Waals surface area (Å²) in [6.07, 6.45) is 0. The number of nitrogens with one attached hydrogen (secondary N) is 1. The molecule has 0 spiro atoms. The van der Waals surface area contributed by atoms with Crippen LogP contribution in [0.2, 0.25) is 0 Å². The molecule has 0 atom stereocenters. The van der Waals surface area contributed by atoms with Crippen LogP contribution >= 0.6 is 0 Å². The number of nitriles is 1. The average molecular weight is 304 g/mol. The molecule has 2 aromatic rings. The molecule has 1 N–H and O–H groups in total. The number of anilines is 1. The second-order valence-corrected chi connectivity index (χ2v) is 6.46. The summed E-state index contributed by atoms with van der Waals surface area (Å²) in [4.78, 5) is 0.149. The van der Waals surface area contributed by atoms with Crippen LogP contribution in [0.5, 0.6) is 0 Å². The second kappa shape index (κ2) is 5.22. The number of hydrogen-bond acceptors (Lipinski definition) is 4. The van der Waals surface area contributed by atoms with Gasteiger partial charge in [-0.05, 0) is 32.4 Å². The third-order valence-corrected chi connectivity index (χ3v) is 4.96. The zero-order chi connectivity index (χ0) is 15.8. The van der Waals surface area contributed by atoms with Crippen molar-refractivity contribution in [2.45, 2.75) is 25.7 Å². The van der Waals surface area contributed by atoms with Crippen LogP contribution in [0.4, 0.5) is 5.69 Å². The number of sulfonamides is 1. The van der Waals surface area contributed by atoms with E-state index in [-0.39, 0.29) is 10.6 Å². The van der Waals surface area contributed by atoms with Crippen molar-refractivity contribution >= 4 is 15.7 Å². The predicted octanol–water partition coefficient (Wildman–Crippen LogP) is 2.02. The molecule has 6 nitrogen and oxygen atoms in total. The summed E-state index contributed by atoms with van der Waals surface area (Å²) >= 11 is 0. The van der Waals surface area contributed by atoms with Crippen LogP contribution in [0.1, 0.15) is 22.5 Å². The quantitative estimate of drug-likeness (QED) is 0.939. The number of aryl methyl sites for hydroxylation is 3. The number of nitrogens with zero attached hydrogens (tertiary/aromatic N) is 3. The van der Waals surface area contributed by atoms with Crippen LogP contribution in [0.3, 0.4) is 0 Å². The zero-order valence-corrected chi connectivity index (χ0v) is 13.1. The Bertz CT molecular complexity index is 845. The van der Waals surface area contributed by atoms with Crippen molar-refractivity contribution in [3.63, 3.8) is 0 Å². The van der Waals surface area contributed by atoms with E-state index >= 15 is 0 Å². The van der Waals surface area contributed by atoms with Crippen LogP contribution in [0, 0.1) is 32.1 Å². The lowest BCUT2D eigenvalue weighted by Gasteiger charge is -2.11. The van der Waals surface area contributed by atoms with Gasteiger partial charge in [0.15, 0.2) is 0 Å². The Balaban J connectivity index is 2.53. The van der Waals surface area contributed by atoms with Crippen molar-refractivity contribution in [2.75, 3.05) is 4.72 Å². The molecule has 0 radical (unpaired) electrons. The van der Waals surface area contributed by atoms with E-state index in [1.165, 1.54) is 4.68 Å². The molecule has 1 aromatic heterocycles. The van der Waals surface area contributed by atoms with Gasteiger partial charge in [0.2, 0.25) is 0 Å². The summed E-state index contributed by atoms with van der Waals surface area (Å²) in [5.41, 5.74) is 2.29. The normalized spacial score (nSPS) is 11.2. The third kappa shape index (κ3) is 2.62. The highest BCUT2D eigenvalue weighted by Crippen LogP contribution is 2.25. The van der Waals surface area contributed by atoms with Crippen LogP contribution in [-0.4, -0.2) is 18.2 Å². The van der Waals surface area contributed by atoms with Gasteiger partial charge in [-0.3, -0.25) is 9.40 Å². The van der Waals surface area contributed by atoms with E-state index in [9.17, 15) is 13.7 Å². The number of rotatable bonds is 3. The molecule has 0 bridgehead atoms. The van der Waals surface area contributed by atoms with Crippen LogP contribution < -0.4 is 4.72 Å². The van der Waals surface area contributed by atoms with E-state index in [0.717, 1.165) is 5.56 Å². The maximum Gasteiger partial charge on any atom is 0.265 e. The molecule has 0 saturated carbocycles. The Kier molecular flexibility index (Phi) is 3.75. The first kappa shape index (κ1) is 15.1. The Morgan fingerprint density at radius 3 is 2.48 bits per heavy atom. The lowest BCUT2D eigenvalue weighted by molar-refractivity contribution is 0.599. The van der Waals surface area contributed by atoms with Gasteiger partial charge in [0.05, 0.1) is 22.6 Å². The highest BCUT2D eigenvalue weighted by Gasteiger charge is 2.24. The lowest BCUT2D eigenvalue weighted by Crippen LogP contribution is -2.16. The van der Waals surface area contributed by atoms with Crippen molar-refractivity contribution in [3.8, 4) is 6.07 Å². The fourth-order valence-corrected chi connectivity index (χ4v) is 3.75. The van der Waals surface area contributed by atoms with Gasteiger partial charge in [0.1, 0.15) is 11.0 Å². The monoisotopic (exact) mass is 304 g/mol. The maximum absolute atomic E-state index is 12.6. The Labute approximate surface area is 124 Å². The minimum Gasteiger partial charge on any atom is -0.278 e. The van der Waals surface area contributed by atoms with Gasteiger partial charge in [-0.2, -0.15) is 10.4 Å². The number of benzene rings is 1. The summed E-state index contributed by atoms with van der Waals surface area (Å²) in [5, 5.41) is 13.3. The molecule has 0 aliphatic carbocycles. The van der Waals surface area contributed by atoms with Gasteiger partial charge in [-0.25, -0.2) is 8.42 Å². The van der Waals surface area contributed by atoms with Crippen molar-refractivity contribution in [1.82, 2.24) is 9.78 Å². The highest BCUT2D eigenvalue weighted by molar-refractivity contribution is 7.92. The van der Waals surface area contributed by atoms with Gasteiger partial charge in [0, 0.05) is 7.05 Å². The van der Waals surface area contributed by atoms with E-state index in [4.69, 9.17) is 0 Å². The van der Waals surface area contributed by atoms with Crippen molar-refractivity contribution < 1.29 is 8.42 Å². The fraction of sp³-hybridized carbons (Fsp3) is 0.286. The fourth-order valence-electron chi connectivity index (χ4n) is 2.24. The van der Waals surface area contributed by atoms with Crippen molar-refractivity contribution in [2.24, 2.45) is 7.05 Å². The molecule has 21 heavy (non-hydrogen) atoms. The smallest absolute Gasteiger partial charge is 0.265 e. The molecule has 2 rings (SSSR count). The van der Waals surface area contributed by atoms with Crippen molar-refractivity contribution in [3.05, 3.63) is 40.7 Å². The maximum atomic E-state index is 12.6. The van der Waals surface area contributed by atoms with Crippen LogP contribution in [-0.2, 0) is 17.1 Å². The van der Waals surface area contributed by atoms with Gasteiger partial charge < -0.3 is 0 Å². The zero-order valence-electron chi connectivity index (χ0n) is 12.3. The van der Waals surface area contributed by atoms with E-state index < -0.39 is 10.0 Å². The van der Waals surface area contributed by atoms with Gasteiger partial charge in [-0.1, -0.05) is 12.1 Å². The minimum absolute atomic E-state index is 0.149. The van der Waals surface area contributed by atoms with Crippen LogP contribution in [0.15, 0.2) is 23.1 Å². The molecular formula is C14H16N4O2S. The molecule has 0 amide bonds. The summed E-state index contributed by atoms with van der Waals surface area (Å²) in [5.74, 6) is 0. The Morgan fingerprint density at radius 1 is 1.29 bits per heavy atom. The van der Waals surface area contributed by atoms with E-state index in [1.807, 2.05) is 6.07 Å². The molecule has 110 valence electrons. The molecule has 1 heterocycles. The first-order valence-corrected chi connectivity index (χ1v) is 7.79. The van der Waals surface area contributed by atoms with E-state index in [2.05, 4.69) is 9.82 Å². The number of hydrogen-bond donors (Lipinski definition) is 1. The molecular weight excluding hydrogens is 288 g/mol. The standard InChI is InChI=1S/C14H16N4O2S/c1-9-6-5-7-13(12(9)8-15)17-21(19,20)14-10(2)16-18(4)11(14)3/h5-7,17H,1-4H3. The van der Waals surface area contributed by atoms with Crippen LogP contribution in [0.25, 0.3) is 0 Å². The van der Waals surface area contributed by atoms with E-state index in [0.29, 0.717) is 17.0 Å². The third-order valence-electron chi connectivity index (χ3n) is 3.34. The Hall–Kier alpha value is -2.33. The highest BCUT2D eigenvalue weighted by atomic mass is 32.2. The first-order valence-electron chi connectivity index (χ1n) is 6.30. The van der Waals surface area contributed by atoms with Gasteiger partial charge >= 0.3 is 0 Å².